The van der Waals surface area contributed by atoms with Gasteiger partial charge in [0, 0.05) is 25.2 Å². The number of hydrogen-bond acceptors (Lipinski definition) is 7. The first-order chi connectivity index (χ1) is 14.2. The van der Waals surface area contributed by atoms with Crippen molar-refractivity contribution in [3.8, 4) is 0 Å². The van der Waals surface area contributed by atoms with Crippen molar-refractivity contribution >= 4 is 34.5 Å². The Morgan fingerprint density at radius 2 is 2.10 bits per heavy atom. The summed E-state index contributed by atoms with van der Waals surface area (Å²) in [6.07, 6.45) is 3.78. The van der Waals surface area contributed by atoms with Gasteiger partial charge in [0.15, 0.2) is 10.8 Å². The van der Waals surface area contributed by atoms with Crippen molar-refractivity contribution < 1.29 is 9.53 Å². The van der Waals surface area contributed by atoms with Crippen LogP contribution in [0.15, 0.2) is 35.6 Å². The molecule has 2 aromatic heterocycles. The number of benzene rings is 1. The number of nitrogens with zero attached hydrogens (tertiary/aromatic N) is 5. The zero-order valence-electron chi connectivity index (χ0n) is 16.6. The van der Waals surface area contributed by atoms with Gasteiger partial charge in [-0.1, -0.05) is 29.5 Å². The lowest BCUT2D eigenvalue weighted by Crippen LogP contribution is -2.37. The van der Waals surface area contributed by atoms with E-state index in [4.69, 9.17) is 9.72 Å². The molecule has 152 valence electrons. The normalized spacial score (nSPS) is 14.3. The van der Waals surface area contributed by atoms with Gasteiger partial charge in [0.2, 0.25) is 0 Å². The number of carbonyl (C=O) groups excluding carboxylic acids is 1. The van der Waals surface area contributed by atoms with E-state index in [1.807, 2.05) is 48.3 Å². The number of amides is 1. The third-order valence-electron chi connectivity index (χ3n) is 4.84. The molecule has 0 aliphatic carbocycles. The molecule has 1 aliphatic heterocycles. The average molecular weight is 413 g/mol. The minimum atomic E-state index is -0.0846. The molecule has 9 heteroatoms. The van der Waals surface area contributed by atoms with E-state index in [1.165, 1.54) is 11.8 Å². The first-order valence-electron chi connectivity index (χ1n) is 9.61. The topological polar surface area (TPSA) is 85.2 Å². The number of aromatic nitrogens is 4. The van der Waals surface area contributed by atoms with E-state index < -0.39 is 0 Å². The predicted molar refractivity (Wildman–Crippen MR) is 114 cm³/mol. The molecule has 29 heavy (non-hydrogen) atoms. The van der Waals surface area contributed by atoms with Gasteiger partial charge in [-0.3, -0.25) is 4.79 Å². The second-order valence-electron chi connectivity index (χ2n) is 6.86. The number of morpholine rings is 1. The van der Waals surface area contributed by atoms with Crippen LogP contribution in [0.2, 0.25) is 0 Å². The van der Waals surface area contributed by atoms with Crippen LogP contribution in [-0.2, 0) is 11.3 Å². The summed E-state index contributed by atoms with van der Waals surface area (Å²) in [7, 11) is 0. The molecule has 1 saturated heterocycles. The minimum absolute atomic E-state index is 0.0846. The number of carbonyl (C=O) groups is 1. The number of hydrogen-bond donors (Lipinski definition) is 1. The van der Waals surface area contributed by atoms with Gasteiger partial charge in [-0.05, 0) is 25.3 Å². The average Bonchev–Trinajstić information content (AvgIpc) is 3.16. The van der Waals surface area contributed by atoms with E-state index in [0.29, 0.717) is 37.0 Å². The van der Waals surface area contributed by atoms with E-state index in [9.17, 15) is 4.79 Å². The molecule has 1 amide bonds. The van der Waals surface area contributed by atoms with Crippen molar-refractivity contribution in [3.05, 3.63) is 41.6 Å². The molecular formula is C20H24N6O2S. The fourth-order valence-electron chi connectivity index (χ4n) is 3.36. The molecule has 3 heterocycles. The Kier molecular flexibility index (Phi) is 5.96. The van der Waals surface area contributed by atoms with Crippen LogP contribution in [0.3, 0.4) is 0 Å². The summed E-state index contributed by atoms with van der Waals surface area (Å²) in [5, 5.41) is 9.10. The van der Waals surface area contributed by atoms with Gasteiger partial charge < -0.3 is 15.0 Å². The second-order valence-corrected chi connectivity index (χ2v) is 7.64. The number of ether oxygens (including phenoxy) is 1. The van der Waals surface area contributed by atoms with Crippen LogP contribution in [0.25, 0.3) is 11.0 Å². The second kappa shape index (κ2) is 8.79. The molecule has 0 radical (unpaired) electrons. The molecule has 1 N–H and O–H groups in total. The largest absolute Gasteiger partial charge is 0.378 e. The minimum Gasteiger partial charge on any atom is -0.378 e. The lowest BCUT2D eigenvalue weighted by Gasteiger charge is -2.28. The Hall–Kier alpha value is -2.65. The van der Waals surface area contributed by atoms with E-state index in [0.717, 1.165) is 35.5 Å². The predicted octanol–water partition coefficient (Wildman–Crippen LogP) is 2.12. The molecule has 8 nitrogen and oxygen atoms in total. The molecule has 0 atom stereocenters. The Balaban J connectivity index is 1.51. The fraction of sp³-hybridized carbons (Fsp3) is 0.400. The molecule has 0 saturated carbocycles. The molecule has 1 aliphatic rings. The quantitative estimate of drug-likeness (QED) is 0.490. The summed E-state index contributed by atoms with van der Waals surface area (Å²) in [6, 6.07) is 7.56. The zero-order valence-corrected chi connectivity index (χ0v) is 17.4. The summed E-state index contributed by atoms with van der Waals surface area (Å²) < 4.78 is 7.29. The SMILES string of the molecule is CSc1nc(N2CCOCC2)c2cnn(CCNC(=O)c3cccc(C)c3)c2n1. The molecule has 3 aromatic rings. The van der Waals surface area contributed by atoms with Crippen molar-refractivity contribution in [1.29, 1.82) is 0 Å². The molecular weight excluding hydrogens is 388 g/mol. The van der Waals surface area contributed by atoms with Gasteiger partial charge in [0.25, 0.3) is 5.91 Å². The van der Waals surface area contributed by atoms with E-state index >= 15 is 0 Å². The summed E-state index contributed by atoms with van der Waals surface area (Å²) in [6.45, 7) is 5.97. The van der Waals surface area contributed by atoms with E-state index in [2.05, 4.69) is 20.3 Å². The Labute approximate surface area is 173 Å². The van der Waals surface area contributed by atoms with Crippen LogP contribution in [-0.4, -0.2) is 64.8 Å². The number of rotatable bonds is 6. The standard InChI is InChI=1S/C20H24N6O2S/c1-14-4-3-5-15(12-14)19(27)21-6-7-26-18-16(13-22-26)17(23-20(24-18)29-2)25-8-10-28-11-9-25/h3-5,12-13H,6-11H2,1-2H3,(H,21,27). The number of aryl methyl sites for hydroxylation is 1. The summed E-state index contributed by atoms with van der Waals surface area (Å²) in [5.74, 6) is 0.816. The molecule has 0 bridgehead atoms. The van der Waals surface area contributed by atoms with Crippen molar-refractivity contribution in [2.75, 3.05) is 44.0 Å². The maximum atomic E-state index is 12.4. The van der Waals surface area contributed by atoms with Crippen LogP contribution in [0.1, 0.15) is 15.9 Å². The van der Waals surface area contributed by atoms with Gasteiger partial charge in [-0.15, -0.1) is 0 Å². The number of nitrogens with one attached hydrogen (secondary N) is 1. The third-order valence-corrected chi connectivity index (χ3v) is 5.39. The highest BCUT2D eigenvalue weighted by atomic mass is 32.2. The highest BCUT2D eigenvalue weighted by molar-refractivity contribution is 7.98. The summed E-state index contributed by atoms with van der Waals surface area (Å²) >= 11 is 1.51. The van der Waals surface area contributed by atoms with Crippen LogP contribution >= 0.6 is 11.8 Å². The molecule has 1 fully saturated rings. The van der Waals surface area contributed by atoms with Crippen molar-refractivity contribution in [2.45, 2.75) is 18.6 Å². The van der Waals surface area contributed by atoms with Gasteiger partial charge in [0.1, 0.15) is 5.82 Å². The molecule has 4 rings (SSSR count). The van der Waals surface area contributed by atoms with Crippen molar-refractivity contribution in [1.82, 2.24) is 25.1 Å². The lowest BCUT2D eigenvalue weighted by atomic mass is 10.1. The highest BCUT2D eigenvalue weighted by Gasteiger charge is 2.20. The van der Waals surface area contributed by atoms with Crippen LogP contribution in [0, 0.1) is 6.92 Å². The molecule has 0 spiro atoms. The summed E-state index contributed by atoms with van der Waals surface area (Å²) in [5.41, 5.74) is 2.51. The smallest absolute Gasteiger partial charge is 0.251 e. The van der Waals surface area contributed by atoms with Gasteiger partial charge >= 0.3 is 0 Å². The Morgan fingerprint density at radius 1 is 1.28 bits per heavy atom. The first kappa shape index (κ1) is 19.7. The van der Waals surface area contributed by atoms with E-state index in [-0.39, 0.29) is 5.91 Å². The first-order valence-corrected chi connectivity index (χ1v) is 10.8. The highest BCUT2D eigenvalue weighted by Crippen LogP contribution is 2.27. The number of fused-ring (bicyclic) bond motifs is 1. The summed E-state index contributed by atoms with van der Waals surface area (Å²) in [4.78, 5) is 24.0. The van der Waals surface area contributed by atoms with Crippen LogP contribution < -0.4 is 10.2 Å². The monoisotopic (exact) mass is 412 g/mol. The maximum absolute atomic E-state index is 12.4. The maximum Gasteiger partial charge on any atom is 0.251 e. The van der Waals surface area contributed by atoms with Gasteiger partial charge in [-0.2, -0.15) is 5.10 Å². The van der Waals surface area contributed by atoms with Gasteiger partial charge in [-0.25, -0.2) is 14.6 Å². The zero-order chi connectivity index (χ0) is 20.2. The molecule has 1 aromatic carbocycles. The van der Waals surface area contributed by atoms with Crippen LogP contribution in [0.5, 0.6) is 0 Å². The van der Waals surface area contributed by atoms with Crippen molar-refractivity contribution in [2.24, 2.45) is 0 Å². The van der Waals surface area contributed by atoms with E-state index in [1.54, 1.807) is 0 Å². The number of thioether (sulfide) groups is 1. The van der Waals surface area contributed by atoms with Crippen LogP contribution in [0.4, 0.5) is 5.82 Å². The lowest BCUT2D eigenvalue weighted by molar-refractivity contribution is 0.0952. The fourth-order valence-corrected chi connectivity index (χ4v) is 3.71. The Morgan fingerprint density at radius 3 is 2.86 bits per heavy atom. The third kappa shape index (κ3) is 4.35. The number of anilines is 1. The Bertz CT molecular complexity index is 1020. The van der Waals surface area contributed by atoms with Crippen molar-refractivity contribution in [3.63, 3.8) is 0 Å². The van der Waals surface area contributed by atoms with Gasteiger partial charge in [0.05, 0.1) is 31.3 Å². The molecule has 0 unspecified atom stereocenters.